The van der Waals surface area contributed by atoms with Crippen LogP contribution in [0.15, 0.2) is 60.8 Å². The molecule has 7 rings (SSSR count). The van der Waals surface area contributed by atoms with Crippen molar-refractivity contribution in [3.05, 3.63) is 72.4 Å². The number of amides is 4. The first-order valence-electron chi connectivity index (χ1n) is 20.1. The van der Waals surface area contributed by atoms with Crippen molar-refractivity contribution in [3.63, 3.8) is 0 Å². The van der Waals surface area contributed by atoms with Gasteiger partial charge in [-0.2, -0.15) is 0 Å². The highest BCUT2D eigenvalue weighted by Crippen LogP contribution is 2.39. The monoisotopic (exact) mass is 806 g/mol. The van der Waals surface area contributed by atoms with E-state index in [0.29, 0.717) is 12.7 Å². The van der Waals surface area contributed by atoms with Crippen molar-refractivity contribution in [1.82, 2.24) is 40.4 Å². The Balaban J connectivity index is 1.09. The molecular weight excluding hydrogens is 753 g/mol. The van der Waals surface area contributed by atoms with Crippen molar-refractivity contribution in [1.29, 1.82) is 0 Å². The number of rotatable bonds is 10. The van der Waals surface area contributed by atoms with Crippen LogP contribution in [0.2, 0.25) is 19.1 Å². The van der Waals surface area contributed by atoms with Crippen molar-refractivity contribution in [3.8, 4) is 22.4 Å². The summed E-state index contributed by atoms with van der Waals surface area (Å²) in [7, 11) is 0.845. The third-order valence-electron chi connectivity index (χ3n) is 11.6. The first-order valence-corrected chi connectivity index (χ1v) is 23.5. The van der Waals surface area contributed by atoms with Gasteiger partial charge >= 0.3 is 12.2 Å². The SMILES string of the molecule is COC(=O)N[C@H](C(=O)N1C[Si](C)(C)CC1c1ncc(-c2ccc(-c3ccc4c(ccc5nc([C@@H]6CCCN6C(=O)[C@@H](NC(=O)OC)C(C)C)[nH]c54)c3)cc2)[nH]1)C(C)C. The fraction of sp³-hybridized carbons (Fsp3) is 0.442. The highest BCUT2D eigenvalue weighted by atomic mass is 28.3. The minimum Gasteiger partial charge on any atom is -0.453 e. The smallest absolute Gasteiger partial charge is 0.407 e. The maximum Gasteiger partial charge on any atom is 0.407 e. The van der Waals surface area contributed by atoms with Crippen LogP contribution in [0.5, 0.6) is 0 Å². The number of alkyl carbamates (subject to hydrolysis) is 2. The lowest BCUT2D eigenvalue weighted by Crippen LogP contribution is -2.52. The number of imidazole rings is 2. The van der Waals surface area contributed by atoms with Gasteiger partial charge in [0.1, 0.15) is 23.7 Å². The number of methoxy groups -OCH3 is 2. The molecule has 2 aliphatic rings. The van der Waals surface area contributed by atoms with Crippen molar-refractivity contribution in [2.75, 3.05) is 26.9 Å². The van der Waals surface area contributed by atoms with Gasteiger partial charge in [-0.25, -0.2) is 19.6 Å². The van der Waals surface area contributed by atoms with E-state index in [2.05, 4.69) is 82.2 Å². The fourth-order valence-corrected chi connectivity index (χ4v) is 11.4. The number of nitrogens with one attached hydrogen (secondary N) is 4. The lowest BCUT2D eigenvalue weighted by Gasteiger charge is -2.30. The van der Waals surface area contributed by atoms with Crippen LogP contribution in [0.3, 0.4) is 0 Å². The summed E-state index contributed by atoms with van der Waals surface area (Å²) in [5, 5.41) is 7.56. The molecule has 0 spiro atoms. The summed E-state index contributed by atoms with van der Waals surface area (Å²) in [6, 6.07) is 17.9. The number of nitrogens with zero attached hydrogens (tertiary/aromatic N) is 4. The van der Waals surface area contributed by atoms with Crippen molar-refractivity contribution < 1.29 is 28.7 Å². The molecule has 0 saturated carbocycles. The summed E-state index contributed by atoms with van der Waals surface area (Å²) in [6.07, 6.45) is 2.89. The maximum absolute atomic E-state index is 13.9. The molecule has 0 aliphatic carbocycles. The maximum atomic E-state index is 13.9. The molecule has 3 aromatic carbocycles. The molecule has 2 saturated heterocycles. The Morgan fingerprint density at radius 2 is 1.40 bits per heavy atom. The van der Waals surface area contributed by atoms with E-state index in [1.807, 2.05) is 49.8 Å². The van der Waals surface area contributed by atoms with E-state index in [4.69, 9.17) is 19.4 Å². The Labute approximate surface area is 339 Å². The van der Waals surface area contributed by atoms with E-state index in [9.17, 15) is 19.2 Å². The predicted octanol–water partition coefficient (Wildman–Crippen LogP) is 7.33. The summed E-state index contributed by atoms with van der Waals surface area (Å²) >= 11 is 0. The molecule has 15 heteroatoms. The minimum atomic E-state index is -1.75. The van der Waals surface area contributed by atoms with Crippen LogP contribution in [0.25, 0.3) is 44.2 Å². The van der Waals surface area contributed by atoms with Gasteiger partial charge in [0.2, 0.25) is 11.8 Å². The Morgan fingerprint density at radius 3 is 2.03 bits per heavy atom. The van der Waals surface area contributed by atoms with Crippen molar-refractivity contribution >= 4 is 53.9 Å². The zero-order valence-electron chi connectivity index (χ0n) is 34.5. The average Bonchev–Trinajstić information content (AvgIpc) is 4.03. The van der Waals surface area contributed by atoms with E-state index in [0.717, 1.165) is 74.7 Å². The normalized spacial score (nSPS) is 18.9. The number of fused-ring (bicyclic) bond motifs is 3. The molecule has 4 amide bonds. The molecule has 58 heavy (non-hydrogen) atoms. The third-order valence-corrected chi connectivity index (χ3v) is 14.3. The molecule has 2 aliphatic heterocycles. The molecule has 2 aromatic heterocycles. The van der Waals surface area contributed by atoms with Gasteiger partial charge in [-0.3, -0.25) is 9.59 Å². The summed E-state index contributed by atoms with van der Waals surface area (Å²) < 4.78 is 9.60. The van der Waals surface area contributed by atoms with Crippen LogP contribution in [0.4, 0.5) is 9.59 Å². The van der Waals surface area contributed by atoms with Gasteiger partial charge in [0.25, 0.3) is 0 Å². The molecule has 4 N–H and O–H groups in total. The molecule has 0 radical (unpaired) electrons. The molecule has 14 nitrogen and oxygen atoms in total. The molecule has 0 bridgehead atoms. The molecular formula is C43H54N8O6Si. The van der Waals surface area contributed by atoms with E-state index in [-0.39, 0.29) is 35.7 Å². The number of benzene rings is 3. The average molecular weight is 807 g/mol. The fourth-order valence-electron chi connectivity index (χ4n) is 8.48. The summed E-state index contributed by atoms with van der Waals surface area (Å²) in [5.41, 5.74) is 5.74. The number of hydrogen-bond acceptors (Lipinski definition) is 8. The molecule has 4 atom stereocenters. The van der Waals surface area contributed by atoms with Crippen LogP contribution in [0, 0.1) is 11.8 Å². The highest BCUT2D eigenvalue weighted by molar-refractivity contribution is 6.78. The summed E-state index contributed by atoms with van der Waals surface area (Å²) in [6.45, 7) is 12.8. The lowest BCUT2D eigenvalue weighted by molar-refractivity contribution is -0.136. The number of likely N-dealkylation sites (tertiary alicyclic amines) is 1. The second kappa shape index (κ2) is 16.3. The van der Waals surface area contributed by atoms with Crippen molar-refractivity contribution in [2.45, 2.75) is 83.8 Å². The van der Waals surface area contributed by atoms with Gasteiger partial charge < -0.3 is 39.9 Å². The van der Waals surface area contributed by atoms with Crippen LogP contribution in [-0.2, 0) is 19.1 Å². The molecule has 2 fully saturated rings. The predicted molar refractivity (Wildman–Crippen MR) is 225 cm³/mol. The molecule has 4 heterocycles. The zero-order chi connectivity index (χ0) is 41.5. The molecule has 5 aromatic rings. The summed E-state index contributed by atoms with van der Waals surface area (Å²) in [4.78, 5) is 72.2. The van der Waals surface area contributed by atoms with Crippen LogP contribution < -0.4 is 10.6 Å². The van der Waals surface area contributed by atoms with E-state index in [1.165, 1.54) is 14.2 Å². The third kappa shape index (κ3) is 8.04. The zero-order valence-corrected chi connectivity index (χ0v) is 35.5. The quantitative estimate of drug-likeness (QED) is 0.106. The second-order valence-corrected chi connectivity index (χ2v) is 22.1. The van der Waals surface area contributed by atoms with Gasteiger partial charge in [0.05, 0.1) is 57.3 Å². The Bertz CT molecular complexity index is 2340. The molecule has 1 unspecified atom stereocenters. The lowest BCUT2D eigenvalue weighted by atomic mass is 9.99. The topological polar surface area (TPSA) is 175 Å². The number of carbonyl (C=O) groups excluding carboxylic acids is 4. The number of hydrogen-bond donors (Lipinski definition) is 4. The first kappa shape index (κ1) is 40.5. The largest absolute Gasteiger partial charge is 0.453 e. The first-order chi connectivity index (χ1) is 27.7. The van der Waals surface area contributed by atoms with E-state index >= 15 is 0 Å². The molecule has 306 valence electrons. The van der Waals surface area contributed by atoms with Gasteiger partial charge in [-0.15, -0.1) is 0 Å². The highest BCUT2D eigenvalue weighted by Gasteiger charge is 2.46. The summed E-state index contributed by atoms with van der Waals surface area (Å²) in [5.74, 6) is 1.01. The number of aromatic nitrogens is 4. The number of H-pyrrole nitrogens is 2. The number of ether oxygens (including phenoxy) is 2. The van der Waals surface area contributed by atoms with E-state index < -0.39 is 32.3 Å². The van der Waals surface area contributed by atoms with Gasteiger partial charge in [0.15, 0.2) is 0 Å². The van der Waals surface area contributed by atoms with Crippen molar-refractivity contribution in [2.24, 2.45) is 11.8 Å². The second-order valence-electron chi connectivity index (χ2n) is 17.0. The number of carbonyl (C=O) groups is 4. The Kier molecular flexibility index (Phi) is 11.4. The van der Waals surface area contributed by atoms with E-state index in [1.54, 1.807) is 0 Å². The van der Waals surface area contributed by atoms with Gasteiger partial charge in [-0.1, -0.05) is 83.3 Å². The Morgan fingerprint density at radius 1 is 0.776 bits per heavy atom. The van der Waals surface area contributed by atoms with Crippen LogP contribution >= 0.6 is 0 Å². The van der Waals surface area contributed by atoms with Gasteiger partial charge in [-0.05, 0) is 64.9 Å². The number of aromatic amines is 2. The standard InChI is InChI=1S/C43H54N8O6Si/c1-24(2)35(48-42(54)56-5)40(52)50-19-9-10-33(50)39-45-31-18-16-29-20-28(15-17-30(29)37(31)47-39)26-11-13-27(14-12-26)32-21-44-38(46-32)34-22-58(7,8)23-51(34)41(53)36(25(3)4)49-43(55)57-6/h11-18,20-21,24-25,33-36H,9-10,19,22-23H2,1-8H3,(H,44,46)(H,45,47)(H,48,54)(H,49,55)/t33-,34?,35-,36-/m0/s1. The van der Waals surface area contributed by atoms with Crippen LogP contribution in [0.1, 0.15) is 64.3 Å². The van der Waals surface area contributed by atoms with Gasteiger partial charge in [0, 0.05) is 18.1 Å². The minimum absolute atomic E-state index is 0.111. The Hall–Kier alpha value is -5.70. The van der Waals surface area contributed by atoms with Crippen LogP contribution in [-0.4, -0.2) is 101 Å².